The summed E-state index contributed by atoms with van der Waals surface area (Å²) in [6.07, 6.45) is -2.51. The molecule has 1 aliphatic rings. The van der Waals surface area contributed by atoms with Gasteiger partial charge in [-0.15, -0.1) is 10.2 Å². The molecule has 3 aromatic heterocycles. The van der Waals surface area contributed by atoms with E-state index >= 15 is 0 Å². The molecule has 0 N–H and O–H groups in total. The van der Waals surface area contributed by atoms with E-state index in [9.17, 15) is 26.4 Å². The Morgan fingerprint density at radius 3 is 2.67 bits per heavy atom. The van der Waals surface area contributed by atoms with E-state index in [1.54, 1.807) is 0 Å². The summed E-state index contributed by atoms with van der Waals surface area (Å²) in [5, 5.41) is 8.47. The minimum Gasteiger partial charge on any atom is -0.423 e. The summed E-state index contributed by atoms with van der Waals surface area (Å²) in [4.78, 5) is 11.4. The first-order chi connectivity index (χ1) is 15.6. The molecular weight excluding hydrogens is 461 g/mol. The van der Waals surface area contributed by atoms with Gasteiger partial charge in [-0.2, -0.15) is 17.5 Å². The SMILES string of the molecule is O=c1ccc2cc(S(=O)(=O)N3CCCC(c4nnc5ccc(C(F)(F)F)cn45)C3)ccc2o1. The molecule has 1 aliphatic heterocycles. The topological polar surface area (TPSA) is 97.8 Å². The molecule has 0 radical (unpaired) electrons. The number of hydrogen-bond acceptors (Lipinski definition) is 6. The van der Waals surface area contributed by atoms with E-state index in [0.29, 0.717) is 18.2 Å². The largest absolute Gasteiger partial charge is 0.423 e. The first kappa shape index (κ1) is 21.6. The second-order valence-electron chi connectivity index (χ2n) is 7.86. The average molecular weight is 478 g/mol. The van der Waals surface area contributed by atoms with Crippen LogP contribution in [0.2, 0.25) is 0 Å². The maximum absolute atomic E-state index is 13.3. The Bertz CT molecular complexity index is 1530. The maximum Gasteiger partial charge on any atom is 0.417 e. The molecule has 1 fully saturated rings. The van der Waals surface area contributed by atoms with Gasteiger partial charge < -0.3 is 4.42 Å². The normalized spacial score (nSPS) is 18.2. The van der Waals surface area contributed by atoms with Crippen molar-refractivity contribution in [3.8, 4) is 0 Å². The fourth-order valence-electron chi connectivity index (χ4n) is 4.09. The molecule has 4 aromatic rings. The van der Waals surface area contributed by atoms with E-state index in [-0.39, 0.29) is 35.0 Å². The van der Waals surface area contributed by atoms with Crippen LogP contribution in [0.1, 0.15) is 30.1 Å². The van der Waals surface area contributed by atoms with Gasteiger partial charge in [0.05, 0.1) is 10.5 Å². The highest BCUT2D eigenvalue weighted by Crippen LogP contribution is 2.33. The third-order valence-electron chi connectivity index (χ3n) is 5.73. The number of aromatic nitrogens is 3. The van der Waals surface area contributed by atoms with Crippen molar-refractivity contribution in [2.24, 2.45) is 0 Å². The minimum atomic E-state index is -4.52. The predicted molar refractivity (Wildman–Crippen MR) is 111 cm³/mol. The lowest BCUT2D eigenvalue weighted by Gasteiger charge is -2.31. The Kier molecular flexibility index (Phi) is 5.01. The van der Waals surface area contributed by atoms with Gasteiger partial charge in [0.1, 0.15) is 11.4 Å². The molecule has 8 nitrogen and oxygen atoms in total. The number of fused-ring (bicyclic) bond motifs is 2. The van der Waals surface area contributed by atoms with Crippen molar-refractivity contribution in [2.45, 2.75) is 29.8 Å². The second-order valence-corrected chi connectivity index (χ2v) is 9.80. The number of piperidine rings is 1. The van der Waals surface area contributed by atoms with Gasteiger partial charge in [-0.25, -0.2) is 13.2 Å². The molecule has 0 aliphatic carbocycles. The molecule has 0 amide bonds. The third-order valence-corrected chi connectivity index (χ3v) is 7.59. The van der Waals surface area contributed by atoms with Crippen LogP contribution in [-0.4, -0.2) is 40.4 Å². The molecule has 1 atom stereocenters. The predicted octanol–water partition coefficient (Wildman–Crippen LogP) is 3.42. The number of halogens is 3. The standard InChI is InChI=1S/C21H17F3N4O4S/c22-21(23,24)15-4-7-18-25-26-20(28(18)12-15)14-2-1-9-27(11-14)33(30,31)16-5-6-17-13(10-16)3-8-19(29)32-17/h3-8,10,12,14H,1-2,9,11H2. The van der Waals surface area contributed by atoms with Gasteiger partial charge in [0.2, 0.25) is 10.0 Å². The molecule has 1 aromatic carbocycles. The number of nitrogens with zero attached hydrogens (tertiary/aromatic N) is 4. The van der Waals surface area contributed by atoms with Gasteiger partial charge in [0.25, 0.3) is 0 Å². The van der Waals surface area contributed by atoms with Crippen molar-refractivity contribution < 1.29 is 26.0 Å². The molecule has 33 heavy (non-hydrogen) atoms. The molecule has 12 heteroatoms. The van der Waals surface area contributed by atoms with Gasteiger partial charge in [-0.05, 0) is 49.2 Å². The maximum atomic E-state index is 13.3. The lowest BCUT2D eigenvalue weighted by molar-refractivity contribution is -0.137. The summed E-state index contributed by atoms with van der Waals surface area (Å²) < 4.78 is 73.8. The lowest BCUT2D eigenvalue weighted by Crippen LogP contribution is -2.39. The quantitative estimate of drug-likeness (QED) is 0.419. The van der Waals surface area contributed by atoms with Gasteiger partial charge in [0, 0.05) is 36.7 Å². The number of pyridine rings is 1. The molecule has 4 heterocycles. The van der Waals surface area contributed by atoms with Gasteiger partial charge >= 0.3 is 11.8 Å². The zero-order chi connectivity index (χ0) is 23.4. The van der Waals surface area contributed by atoms with Crippen LogP contribution in [0.4, 0.5) is 13.2 Å². The Hall–Kier alpha value is -3.25. The Morgan fingerprint density at radius 1 is 1.06 bits per heavy atom. The number of alkyl halides is 3. The lowest BCUT2D eigenvalue weighted by atomic mass is 9.99. The van der Waals surface area contributed by atoms with Crippen LogP contribution in [0.25, 0.3) is 16.6 Å². The fraction of sp³-hybridized carbons (Fsp3) is 0.286. The third kappa shape index (κ3) is 3.89. The molecule has 5 rings (SSSR count). The van der Waals surface area contributed by atoms with Gasteiger partial charge in [-0.1, -0.05) is 0 Å². The average Bonchev–Trinajstić information content (AvgIpc) is 3.21. The van der Waals surface area contributed by atoms with E-state index < -0.39 is 33.3 Å². The summed E-state index contributed by atoms with van der Waals surface area (Å²) in [5.74, 6) is -0.137. The van der Waals surface area contributed by atoms with Crippen molar-refractivity contribution in [3.63, 3.8) is 0 Å². The molecule has 1 saturated heterocycles. The first-order valence-corrected chi connectivity index (χ1v) is 11.5. The Labute approximate surface area is 185 Å². The van der Waals surface area contributed by atoms with Crippen LogP contribution in [-0.2, 0) is 16.2 Å². The van der Waals surface area contributed by atoms with Crippen LogP contribution in [0.15, 0.2) is 62.8 Å². The second kappa shape index (κ2) is 7.66. The highest BCUT2D eigenvalue weighted by atomic mass is 32.2. The van der Waals surface area contributed by atoms with Crippen LogP contribution in [0, 0.1) is 0 Å². The van der Waals surface area contributed by atoms with Crippen molar-refractivity contribution in [2.75, 3.05) is 13.1 Å². The number of rotatable bonds is 3. The van der Waals surface area contributed by atoms with Crippen molar-refractivity contribution in [1.82, 2.24) is 18.9 Å². The van der Waals surface area contributed by atoms with Crippen molar-refractivity contribution in [3.05, 3.63) is 70.5 Å². The van der Waals surface area contributed by atoms with Crippen LogP contribution < -0.4 is 5.63 Å². The number of hydrogen-bond donors (Lipinski definition) is 0. The summed E-state index contributed by atoms with van der Waals surface area (Å²) in [7, 11) is -3.90. The fourth-order valence-corrected chi connectivity index (χ4v) is 5.65. The molecular formula is C21H17F3N4O4S. The van der Waals surface area contributed by atoms with E-state index in [1.165, 1.54) is 45.1 Å². The minimum absolute atomic E-state index is 0.0370. The summed E-state index contributed by atoms with van der Waals surface area (Å²) in [5.41, 5.74) is -0.840. The smallest absolute Gasteiger partial charge is 0.417 e. The highest BCUT2D eigenvalue weighted by molar-refractivity contribution is 7.89. The Balaban J connectivity index is 1.47. The van der Waals surface area contributed by atoms with Gasteiger partial charge in [-0.3, -0.25) is 4.40 Å². The van der Waals surface area contributed by atoms with E-state index in [4.69, 9.17) is 4.42 Å². The van der Waals surface area contributed by atoms with Crippen LogP contribution >= 0.6 is 0 Å². The highest BCUT2D eigenvalue weighted by Gasteiger charge is 2.35. The molecule has 172 valence electrons. The number of sulfonamides is 1. The van der Waals surface area contributed by atoms with E-state index in [1.807, 2.05) is 0 Å². The van der Waals surface area contributed by atoms with Crippen LogP contribution in [0.5, 0.6) is 0 Å². The van der Waals surface area contributed by atoms with Crippen molar-refractivity contribution in [1.29, 1.82) is 0 Å². The van der Waals surface area contributed by atoms with Crippen LogP contribution in [0.3, 0.4) is 0 Å². The van der Waals surface area contributed by atoms with E-state index in [0.717, 1.165) is 12.3 Å². The first-order valence-electron chi connectivity index (χ1n) is 10.1. The molecule has 0 saturated carbocycles. The van der Waals surface area contributed by atoms with E-state index in [2.05, 4.69) is 10.2 Å². The zero-order valence-corrected chi connectivity index (χ0v) is 17.8. The molecule has 0 bridgehead atoms. The number of benzene rings is 1. The summed E-state index contributed by atoms with van der Waals surface area (Å²) >= 11 is 0. The Morgan fingerprint density at radius 2 is 1.88 bits per heavy atom. The zero-order valence-electron chi connectivity index (χ0n) is 17.0. The monoisotopic (exact) mass is 478 g/mol. The molecule has 0 spiro atoms. The van der Waals surface area contributed by atoms with Gasteiger partial charge in [0.15, 0.2) is 5.65 Å². The summed E-state index contributed by atoms with van der Waals surface area (Å²) in [6, 6.07) is 9.10. The summed E-state index contributed by atoms with van der Waals surface area (Å²) in [6.45, 7) is 0.326. The van der Waals surface area contributed by atoms with Crippen molar-refractivity contribution >= 4 is 26.6 Å². The molecule has 1 unspecified atom stereocenters.